The number of nitrogens with zero attached hydrogens (tertiary/aromatic N) is 2. The van der Waals surface area contributed by atoms with Crippen LogP contribution in [0.4, 0.5) is 0 Å². The molecule has 0 spiro atoms. The number of hydrogen-bond acceptors (Lipinski definition) is 5. The molecule has 0 aliphatic heterocycles. The molecule has 1 aliphatic carbocycles. The number of aromatic nitrogens is 2. The van der Waals surface area contributed by atoms with Crippen LogP contribution in [0, 0.1) is 19.8 Å². The number of amides is 1. The van der Waals surface area contributed by atoms with Gasteiger partial charge >= 0.3 is 0 Å². The Bertz CT molecular complexity index is 1410. The van der Waals surface area contributed by atoms with Crippen molar-refractivity contribution >= 4 is 38.4 Å². The van der Waals surface area contributed by atoms with E-state index in [-0.39, 0.29) is 5.75 Å². The topological polar surface area (TPSA) is 108 Å². The average Bonchev–Trinajstić information content (AvgIpc) is 3.40. The van der Waals surface area contributed by atoms with Crippen molar-refractivity contribution < 1.29 is 17.7 Å². The minimum Gasteiger partial charge on any atom is -0.366 e. The lowest BCUT2D eigenvalue weighted by Gasteiger charge is -2.11. The summed E-state index contributed by atoms with van der Waals surface area (Å²) in [5.41, 5.74) is 11.2. The minimum atomic E-state index is -2.54. The fourth-order valence-corrected chi connectivity index (χ4v) is 5.00. The van der Waals surface area contributed by atoms with Crippen LogP contribution >= 0.6 is 0 Å². The van der Waals surface area contributed by atoms with Crippen LogP contribution in [0.5, 0.6) is 0 Å². The number of aryl methyl sites for hydroxylation is 2. The summed E-state index contributed by atoms with van der Waals surface area (Å²) in [5, 5.41) is 5.84. The maximum Gasteiger partial charge on any atom is 0.250 e. The van der Waals surface area contributed by atoms with Crippen LogP contribution in [0.3, 0.4) is 0 Å². The van der Waals surface area contributed by atoms with Crippen molar-refractivity contribution in [3.63, 3.8) is 0 Å². The first-order valence-electron chi connectivity index (χ1n) is 10.3. The van der Waals surface area contributed by atoms with Gasteiger partial charge in [0.1, 0.15) is 16.5 Å². The first kappa shape index (κ1) is 19.8. The van der Waals surface area contributed by atoms with E-state index < -0.39 is 16.6 Å². The summed E-state index contributed by atoms with van der Waals surface area (Å²) in [6.07, 6.45) is 2.33. The molecule has 8 heteroatoms. The standard InChI is InChI=1S/C23H23N3O4S/c1-12-21(13(2)30-25-12)16-8-18-17-7-15(11-31(28)29)5-6-20(17)26(10-14-3-4-14)22(18)19(9-16)23(24)27/h5-9,14,31H,3-4,10-11H2,1-2H3,(H2,24,27). The van der Waals surface area contributed by atoms with Gasteiger partial charge in [-0.05, 0) is 68.0 Å². The molecular formula is C23H23N3O4S. The number of carbonyl (C=O) groups excluding carboxylic acids is 1. The number of thiol groups is 1. The maximum atomic E-state index is 12.5. The number of primary amides is 1. The van der Waals surface area contributed by atoms with Gasteiger partial charge in [0.2, 0.25) is 0 Å². The van der Waals surface area contributed by atoms with E-state index in [4.69, 9.17) is 10.3 Å². The molecule has 0 radical (unpaired) electrons. The Morgan fingerprint density at radius 2 is 1.97 bits per heavy atom. The third-order valence-corrected chi connectivity index (χ3v) is 6.68. The highest BCUT2D eigenvalue weighted by Crippen LogP contribution is 2.40. The molecule has 5 rings (SSSR count). The zero-order chi connectivity index (χ0) is 21.9. The summed E-state index contributed by atoms with van der Waals surface area (Å²) in [7, 11) is -2.54. The second-order valence-corrected chi connectivity index (χ2v) is 9.36. The second kappa shape index (κ2) is 7.23. The molecule has 1 aliphatic rings. The Kier molecular flexibility index (Phi) is 4.62. The number of hydrogen-bond donors (Lipinski definition) is 2. The van der Waals surface area contributed by atoms with Crippen LogP contribution in [-0.2, 0) is 23.0 Å². The molecule has 1 fully saturated rings. The summed E-state index contributed by atoms with van der Waals surface area (Å²) in [6, 6.07) is 9.55. The van der Waals surface area contributed by atoms with Crippen LogP contribution < -0.4 is 5.73 Å². The van der Waals surface area contributed by atoms with Crippen LogP contribution in [0.15, 0.2) is 34.9 Å². The molecular weight excluding hydrogens is 414 g/mol. The molecule has 2 heterocycles. The molecule has 0 atom stereocenters. The molecule has 0 bridgehead atoms. The Balaban J connectivity index is 1.88. The van der Waals surface area contributed by atoms with E-state index in [9.17, 15) is 13.2 Å². The van der Waals surface area contributed by atoms with Gasteiger partial charge in [-0.2, -0.15) is 0 Å². The van der Waals surface area contributed by atoms with Gasteiger partial charge < -0.3 is 14.8 Å². The van der Waals surface area contributed by atoms with Crippen LogP contribution in [0.25, 0.3) is 32.9 Å². The summed E-state index contributed by atoms with van der Waals surface area (Å²) < 4.78 is 30.1. The number of rotatable bonds is 6. The Hall–Kier alpha value is -3.13. The molecule has 2 N–H and O–H groups in total. The van der Waals surface area contributed by atoms with Gasteiger partial charge in [0, 0.05) is 28.4 Å². The fourth-order valence-electron chi connectivity index (χ4n) is 4.51. The molecule has 31 heavy (non-hydrogen) atoms. The Labute approximate surface area is 180 Å². The molecule has 1 saturated carbocycles. The van der Waals surface area contributed by atoms with Gasteiger partial charge in [0.25, 0.3) is 5.91 Å². The van der Waals surface area contributed by atoms with Crippen molar-refractivity contribution in [2.45, 2.75) is 39.0 Å². The first-order chi connectivity index (χ1) is 14.8. The molecule has 4 aromatic rings. The normalized spacial score (nSPS) is 14.2. The second-order valence-electron chi connectivity index (χ2n) is 8.38. The van der Waals surface area contributed by atoms with Crippen molar-refractivity contribution in [2.75, 3.05) is 0 Å². The van der Waals surface area contributed by atoms with Gasteiger partial charge in [0.15, 0.2) is 0 Å². The number of fused-ring (bicyclic) bond motifs is 3. The smallest absolute Gasteiger partial charge is 0.250 e. The van der Waals surface area contributed by atoms with Crippen molar-refractivity contribution in [1.29, 1.82) is 0 Å². The van der Waals surface area contributed by atoms with E-state index in [1.807, 2.05) is 44.2 Å². The van der Waals surface area contributed by atoms with Gasteiger partial charge in [0.05, 0.1) is 22.5 Å². The Morgan fingerprint density at radius 1 is 1.19 bits per heavy atom. The number of nitrogens with two attached hydrogens (primary N) is 1. The predicted molar refractivity (Wildman–Crippen MR) is 120 cm³/mol. The highest BCUT2D eigenvalue weighted by molar-refractivity contribution is 7.71. The van der Waals surface area contributed by atoms with Gasteiger partial charge in [-0.25, -0.2) is 8.42 Å². The van der Waals surface area contributed by atoms with Gasteiger partial charge in [-0.15, -0.1) is 0 Å². The molecule has 2 aromatic carbocycles. The lowest BCUT2D eigenvalue weighted by Crippen LogP contribution is -2.14. The van der Waals surface area contributed by atoms with Crippen LogP contribution in [0.2, 0.25) is 0 Å². The molecule has 2 aromatic heterocycles. The lowest BCUT2D eigenvalue weighted by atomic mass is 9.97. The zero-order valence-electron chi connectivity index (χ0n) is 17.3. The van der Waals surface area contributed by atoms with Crippen molar-refractivity contribution in [3.8, 4) is 11.1 Å². The van der Waals surface area contributed by atoms with Gasteiger partial charge in [-0.1, -0.05) is 11.2 Å². The highest BCUT2D eigenvalue weighted by Gasteiger charge is 2.26. The van der Waals surface area contributed by atoms with Crippen molar-refractivity contribution in [1.82, 2.24) is 9.72 Å². The number of carbonyl (C=O) groups is 1. The quantitative estimate of drug-likeness (QED) is 0.447. The third-order valence-electron chi connectivity index (χ3n) is 6.06. The fraction of sp³-hybridized carbons (Fsp3) is 0.304. The van der Waals surface area contributed by atoms with E-state index in [2.05, 4.69) is 9.72 Å². The lowest BCUT2D eigenvalue weighted by molar-refractivity contribution is 0.100. The summed E-state index contributed by atoms with van der Waals surface area (Å²) in [5.74, 6) is 0.726. The van der Waals surface area contributed by atoms with Crippen molar-refractivity contribution in [2.24, 2.45) is 11.7 Å². The van der Waals surface area contributed by atoms with E-state index in [1.54, 1.807) is 0 Å². The van der Waals surface area contributed by atoms with Crippen LogP contribution in [-0.4, -0.2) is 24.0 Å². The largest absolute Gasteiger partial charge is 0.366 e. The molecule has 0 unspecified atom stereocenters. The summed E-state index contributed by atoms with van der Waals surface area (Å²) in [6.45, 7) is 4.50. The monoisotopic (exact) mass is 437 g/mol. The number of benzene rings is 2. The predicted octanol–water partition coefficient (Wildman–Crippen LogP) is 3.69. The first-order valence-corrected chi connectivity index (χ1v) is 11.6. The summed E-state index contributed by atoms with van der Waals surface area (Å²) in [4.78, 5) is 12.5. The SMILES string of the molecule is Cc1noc(C)c1-c1cc(C(N)=O)c2c(c1)c1cc(C[SH](=O)=O)ccc1n2CC1CC1. The Morgan fingerprint density at radius 3 is 2.58 bits per heavy atom. The zero-order valence-corrected chi connectivity index (χ0v) is 18.2. The van der Waals surface area contributed by atoms with E-state index >= 15 is 0 Å². The highest BCUT2D eigenvalue weighted by atomic mass is 32.2. The van der Waals surface area contributed by atoms with E-state index in [0.29, 0.717) is 17.2 Å². The van der Waals surface area contributed by atoms with Crippen LogP contribution in [0.1, 0.15) is 40.2 Å². The average molecular weight is 438 g/mol. The maximum absolute atomic E-state index is 12.5. The molecule has 0 saturated heterocycles. The minimum absolute atomic E-state index is 0.0210. The molecule has 160 valence electrons. The summed E-state index contributed by atoms with van der Waals surface area (Å²) >= 11 is 0. The van der Waals surface area contributed by atoms with E-state index in [0.717, 1.165) is 50.7 Å². The van der Waals surface area contributed by atoms with Gasteiger partial charge in [-0.3, -0.25) is 4.79 Å². The van der Waals surface area contributed by atoms with Crippen molar-refractivity contribution in [3.05, 3.63) is 52.9 Å². The third kappa shape index (κ3) is 3.40. The molecule has 7 nitrogen and oxygen atoms in total. The van der Waals surface area contributed by atoms with E-state index in [1.165, 1.54) is 12.8 Å². The molecule has 1 amide bonds.